The minimum absolute atomic E-state index is 0.0460. The number of phenolic OH excluding ortho intramolecular Hbond substituents is 2. The first-order valence-corrected chi connectivity index (χ1v) is 12.0. The number of unbranched alkanes of at least 4 members (excludes halogenated alkanes) is 2. The average Bonchev–Trinajstić information content (AvgIpc) is 2.68. The SMILES string of the molecule is CCCCCc1cc(O)c(C2C=C(C)CCC2)c(O)c1S(=O)(=O)Nc1cccnc1. The average molecular weight is 431 g/mol. The first kappa shape index (κ1) is 22.2. The van der Waals surface area contributed by atoms with Crippen LogP contribution >= 0.6 is 0 Å². The van der Waals surface area contributed by atoms with Crippen LogP contribution in [0.3, 0.4) is 0 Å². The Balaban J connectivity index is 2.11. The first-order chi connectivity index (χ1) is 14.3. The summed E-state index contributed by atoms with van der Waals surface area (Å²) in [7, 11) is -4.08. The van der Waals surface area contributed by atoms with Crippen LogP contribution in [0.2, 0.25) is 0 Å². The quantitative estimate of drug-likeness (QED) is 0.393. The molecule has 3 N–H and O–H groups in total. The van der Waals surface area contributed by atoms with Crippen LogP contribution in [0.15, 0.2) is 47.1 Å². The predicted octanol–water partition coefficient (Wildman–Crippen LogP) is 5.24. The fraction of sp³-hybridized carbons (Fsp3) is 0.435. The second-order valence-electron chi connectivity index (χ2n) is 7.96. The highest BCUT2D eigenvalue weighted by atomic mass is 32.2. The van der Waals surface area contributed by atoms with Gasteiger partial charge < -0.3 is 10.2 Å². The maximum absolute atomic E-state index is 13.3. The highest BCUT2D eigenvalue weighted by molar-refractivity contribution is 7.92. The highest BCUT2D eigenvalue weighted by Crippen LogP contribution is 2.45. The topological polar surface area (TPSA) is 99.5 Å². The molecule has 1 aliphatic rings. The van der Waals surface area contributed by atoms with Crippen LogP contribution < -0.4 is 4.72 Å². The lowest BCUT2D eigenvalue weighted by molar-refractivity contribution is 0.416. The molecule has 0 amide bonds. The van der Waals surface area contributed by atoms with Crippen LogP contribution in [-0.2, 0) is 16.4 Å². The lowest BCUT2D eigenvalue weighted by Crippen LogP contribution is -2.17. The molecule has 0 fully saturated rings. The predicted molar refractivity (Wildman–Crippen MR) is 118 cm³/mol. The van der Waals surface area contributed by atoms with Gasteiger partial charge in [0.25, 0.3) is 10.0 Å². The van der Waals surface area contributed by atoms with E-state index in [4.69, 9.17) is 0 Å². The van der Waals surface area contributed by atoms with Gasteiger partial charge in [0.15, 0.2) is 0 Å². The summed E-state index contributed by atoms with van der Waals surface area (Å²) in [5.41, 5.74) is 2.21. The highest BCUT2D eigenvalue weighted by Gasteiger charge is 2.30. The van der Waals surface area contributed by atoms with Crippen LogP contribution in [0.5, 0.6) is 11.5 Å². The number of hydrogen-bond acceptors (Lipinski definition) is 5. The number of rotatable bonds is 8. The van der Waals surface area contributed by atoms with Crippen molar-refractivity contribution in [2.75, 3.05) is 4.72 Å². The van der Waals surface area contributed by atoms with Crippen molar-refractivity contribution < 1.29 is 18.6 Å². The normalized spacial score (nSPS) is 16.9. The van der Waals surface area contributed by atoms with E-state index < -0.39 is 10.0 Å². The molecule has 3 rings (SSSR count). The first-order valence-electron chi connectivity index (χ1n) is 10.5. The summed E-state index contributed by atoms with van der Waals surface area (Å²) in [6.45, 7) is 4.08. The van der Waals surface area contributed by atoms with Gasteiger partial charge >= 0.3 is 0 Å². The molecule has 30 heavy (non-hydrogen) atoms. The van der Waals surface area contributed by atoms with Gasteiger partial charge in [-0.3, -0.25) is 9.71 Å². The van der Waals surface area contributed by atoms with Crippen molar-refractivity contribution in [1.82, 2.24) is 4.98 Å². The Morgan fingerprint density at radius 1 is 1.27 bits per heavy atom. The van der Waals surface area contributed by atoms with Crippen LogP contribution in [-0.4, -0.2) is 23.6 Å². The number of aromatic hydroxyl groups is 2. The molecule has 1 aliphatic carbocycles. The minimum Gasteiger partial charge on any atom is -0.507 e. The van der Waals surface area contributed by atoms with Gasteiger partial charge in [0, 0.05) is 17.7 Å². The van der Waals surface area contributed by atoms with E-state index in [2.05, 4.69) is 16.6 Å². The van der Waals surface area contributed by atoms with E-state index in [-0.39, 0.29) is 22.3 Å². The van der Waals surface area contributed by atoms with Crippen molar-refractivity contribution in [3.63, 3.8) is 0 Å². The number of allylic oxidation sites excluding steroid dienone is 2. The minimum atomic E-state index is -4.08. The molecule has 1 heterocycles. The van der Waals surface area contributed by atoms with E-state index in [0.29, 0.717) is 23.2 Å². The summed E-state index contributed by atoms with van der Waals surface area (Å²) in [5.74, 6) is -0.611. The third-order valence-corrected chi connectivity index (χ3v) is 7.02. The number of nitrogens with one attached hydrogen (secondary N) is 1. The zero-order chi connectivity index (χ0) is 21.7. The van der Waals surface area contributed by atoms with Gasteiger partial charge in [0.1, 0.15) is 16.4 Å². The van der Waals surface area contributed by atoms with Crippen molar-refractivity contribution in [2.24, 2.45) is 0 Å². The largest absolute Gasteiger partial charge is 0.507 e. The molecule has 0 saturated carbocycles. The number of sulfonamides is 1. The molecule has 0 spiro atoms. The fourth-order valence-electron chi connectivity index (χ4n) is 4.09. The van der Waals surface area contributed by atoms with E-state index in [1.165, 1.54) is 17.8 Å². The second kappa shape index (κ2) is 9.51. The standard InChI is InChI=1S/C23H30N2O4S/c1-3-4-5-9-18-14-20(26)21(17-10-6-8-16(2)13-17)22(27)23(18)30(28,29)25-19-11-7-12-24-15-19/h7,11-15,17,25-27H,3-6,8-10H2,1-2H3. The third-order valence-electron chi connectivity index (χ3n) is 5.52. The van der Waals surface area contributed by atoms with Gasteiger partial charge in [-0.25, -0.2) is 8.42 Å². The number of anilines is 1. The van der Waals surface area contributed by atoms with Crippen molar-refractivity contribution in [1.29, 1.82) is 0 Å². The summed E-state index contributed by atoms with van der Waals surface area (Å²) in [5, 5.41) is 21.9. The Morgan fingerprint density at radius 2 is 2.07 bits per heavy atom. The summed E-state index contributed by atoms with van der Waals surface area (Å²) in [6, 6.07) is 4.75. The molecule has 1 atom stereocenters. The van der Waals surface area contributed by atoms with Gasteiger partial charge in [-0.05, 0) is 62.8 Å². The van der Waals surface area contributed by atoms with E-state index in [9.17, 15) is 18.6 Å². The summed E-state index contributed by atoms with van der Waals surface area (Å²) < 4.78 is 29.1. The number of hydrogen-bond donors (Lipinski definition) is 3. The molecule has 7 heteroatoms. The maximum atomic E-state index is 13.3. The Bertz CT molecular complexity index is 1020. The zero-order valence-corrected chi connectivity index (χ0v) is 18.4. The van der Waals surface area contributed by atoms with Crippen molar-refractivity contribution in [2.45, 2.75) is 69.6 Å². The van der Waals surface area contributed by atoms with Crippen molar-refractivity contribution >= 4 is 15.7 Å². The van der Waals surface area contributed by atoms with Crippen LogP contribution in [0, 0.1) is 0 Å². The number of pyridine rings is 1. The molecule has 0 aliphatic heterocycles. The Labute approximate surface area is 178 Å². The Hall–Kier alpha value is -2.54. The second-order valence-corrected chi connectivity index (χ2v) is 9.58. The van der Waals surface area contributed by atoms with Crippen LogP contribution in [0.25, 0.3) is 0 Å². The zero-order valence-electron chi connectivity index (χ0n) is 17.6. The van der Waals surface area contributed by atoms with Gasteiger partial charge in [-0.2, -0.15) is 0 Å². The van der Waals surface area contributed by atoms with Gasteiger partial charge in [0.2, 0.25) is 0 Å². The molecule has 0 saturated heterocycles. The van der Waals surface area contributed by atoms with E-state index >= 15 is 0 Å². The van der Waals surface area contributed by atoms with E-state index in [0.717, 1.165) is 38.5 Å². The molecular formula is C23H30N2O4S. The smallest absolute Gasteiger partial charge is 0.265 e. The summed E-state index contributed by atoms with van der Waals surface area (Å²) in [4.78, 5) is 3.80. The molecule has 1 aromatic carbocycles. The number of phenols is 2. The van der Waals surface area contributed by atoms with E-state index in [1.807, 2.05) is 13.0 Å². The monoisotopic (exact) mass is 430 g/mol. The molecule has 1 aromatic heterocycles. The number of aryl methyl sites for hydroxylation is 1. The lowest BCUT2D eigenvalue weighted by atomic mass is 9.84. The molecule has 0 bridgehead atoms. The Morgan fingerprint density at radius 3 is 2.73 bits per heavy atom. The van der Waals surface area contributed by atoms with Crippen LogP contribution in [0.4, 0.5) is 5.69 Å². The number of nitrogens with zero attached hydrogens (tertiary/aromatic N) is 1. The van der Waals surface area contributed by atoms with E-state index in [1.54, 1.807) is 18.3 Å². The molecular weight excluding hydrogens is 400 g/mol. The molecule has 6 nitrogen and oxygen atoms in total. The Kier molecular flexibility index (Phi) is 7.02. The summed E-state index contributed by atoms with van der Waals surface area (Å²) >= 11 is 0. The van der Waals surface area contributed by atoms with Crippen LogP contribution in [0.1, 0.15) is 69.4 Å². The molecule has 162 valence electrons. The van der Waals surface area contributed by atoms with Gasteiger partial charge in [-0.1, -0.05) is 31.4 Å². The van der Waals surface area contributed by atoms with Crippen molar-refractivity contribution in [3.8, 4) is 11.5 Å². The maximum Gasteiger partial charge on any atom is 0.265 e. The van der Waals surface area contributed by atoms with Gasteiger partial charge in [0.05, 0.1) is 11.9 Å². The number of benzene rings is 1. The fourth-order valence-corrected chi connectivity index (χ4v) is 5.49. The number of aromatic nitrogens is 1. The molecule has 0 radical (unpaired) electrons. The third kappa shape index (κ3) is 4.95. The lowest BCUT2D eigenvalue weighted by Gasteiger charge is -2.24. The summed E-state index contributed by atoms with van der Waals surface area (Å²) in [6.07, 6.45) is 10.8. The molecule has 2 aromatic rings. The molecule has 1 unspecified atom stereocenters. The van der Waals surface area contributed by atoms with Gasteiger partial charge in [-0.15, -0.1) is 0 Å². The van der Waals surface area contributed by atoms with Crippen molar-refractivity contribution in [3.05, 3.63) is 53.4 Å².